The molecule has 2 atom stereocenters. The predicted octanol–water partition coefficient (Wildman–Crippen LogP) is -2.83. The normalized spacial score (nSPS) is 12.8. The molecule has 0 bridgehead atoms. The molecule has 1 aromatic heterocycles. The Kier molecular flexibility index (Phi) is 9.78. The van der Waals surface area contributed by atoms with Crippen LogP contribution in [0, 0.1) is 0 Å². The predicted molar refractivity (Wildman–Crippen MR) is 99.1 cm³/mol. The maximum atomic E-state index is 12.2. The van der Waals surface area contributed by atoms with E-state index in [-0.39, 0.29) is 25.9 Å². The summed E-state index contributed by atoms with van der Waals surface area (Å²) in [6.45, 7) is -0.0332. The Bertz CT molecular complexity index is 691. The van der Waals surface area contributed by atoms with E-state index in [1.54, 1.807) is 0 Å². The zero-order chi connectivity index (χ0) is 21.1. The van der Waals surface area contributed by atoms with Crippen LogP contribution in [0.15, 0.2) is 12.5 Å². The quantitative estimate of drug-likeness (QED) is 0.200. The van der Waals surface area contributed by atoms with Gasteiger partial charge in [0.05, 0.1) is 24.8 Å². The molecule has 0 aliphatic rings. The van der Waals surface area contributed by atoms with Crippen LogP contribution in [0.4, 0.5) is 0 Å². The Morgan fingerprint density at radius 2 is 1.93 bits per heavy atom. The summed E-state index contributed by atoms with van der Waals surface area (Å²) in [7, 11) is 0. The highest BCUT2D eigenvalue weighted by Gasteiger charge is 2.23. The van der Waals surface area contributed by atoms with E-state index in [0.29, 0.717) is 25.1 Å². The van der Waals surface area contributed by atoms with Crippen LogP contribution >= 0.6 is 0 Å². The van der Waals surface area contributed by atoms with Crippen LogP contribution in [0.5, 0.6) is 0 Å². The number of nitrogens with zero attached hydrogens (tertiary/aromatic N) is 2. The molecule has 12 heteroatoms. The highest BCUT2D eigenvalue weighted by molar-refractivity contribution is 5.87. The summed E-state index contributed by atoms with van der Waals surface area (Å²) >= 11 is 0. The van der Waals surface area contributed by atoms with E-state index in [2.05, 4.69) is 15.6 Å². The van der Waals surface area contributed by atoms with Crippen LogP contribution in [0.2, 0.25) is 0 Å². The number of hydrogen-bond donors (Lipinski definition) is 6. The maximum Gasteiger partial charge on any atom is 0.326 e. The van der Waals surface area contributed by atoms with Gasteiger partial charge in [0.1, 0.15) is 12.4 Å². The first-order chi connectivity index (χ1) is 13.3. The Morgan fingerprint density at radius 3 is 2.54 bits per heavy atom. The minimum absolute atomic E-state index is 0.0103. The van der Waals surface area contributed by atoms with Gasteiger partial charge < -0.3 is 32.9 Å². The minimum atomic E-state index is -1.15. The summed E-state index contributed by atoms with van der Waals surface area (Å²) in [5.74, 6) is -2.68. The fraction of sp³-hybridized carbons (Fsp3) is 0.562. The summed E-state index contributed by atoms with van der Waals surface area (Å²) in [5, 5.41) is 13.9. The van der Waals surface area contributed by atoms with Gasteiger partial charge in [0, 0.05) is 12.6 Å². The lowest BCUT2D eigenvalue weighted by atomic mass is 10.1. The third kappa shape index (κ3) is 7.82. The van der Waals surface area contributed by atoms with Crippen molar-refractivity contribution in [3.05, 3.63) is 18.2 Å². The van der Waals surface area contributed by atoms with E-state index in [1.165, 1.54) is 12.5 Å². The molecule has 0 saturated carbocycles. The van der Waals surface area contributed by atoms with Crippen molar-refractivity contribution < 1.29 is 24.3 Å². The number of rotatable bonds is 12. The average molecular weight is 397 g/mol. The van der Waals surface area contributed by atoms with Gasteiger partial charge in [-0.15, -0.1) is 0 Å². The molecule has 1 rings (SSSR count). The number of nitrogens with two attached hydrogens (primary N) is 3. The minimum Gasteiger partial charge on any atom is -0.480 e. The van der Waals surface area contributed by atoms with Gasteiger partial charge in [-0.3, -0.25) is 19.0 Å². The third-order valence-corrected chi connectivity index (χ3v) is 3.87. The van der Waals surface area contributed by atoms with Gasteiger partial charge in [0.15, 0.2) is 0 Å². The number of carboxylic acid groups (broad SMARTS) is 1. The molecule has 12 nitrogen and oxygen atoms in total. The number of carbonyl (C=O) groups is 4. The van der Waals surface area contributed by atoms with Crippen LogP contribution < -0.4 is 27.8 Å². The molecule has 1 heterocycles. The number of imidazole rings is 1. The lowest BCUT2D eigenvalue weighted by Gasteiger charge is -2.17. The summed E-state index contributed by atoms with van der Waals surface area (Å²) < 4.78 is 1.16. The zero-order valence-corrected chi connectivity index (χ0v) is 15.5. The van der Waals surface area contributed by atoms with Crippen molar-refractivity contribution in [1.29, 1.82) is 0 Å². The molecule has 0 aliphatic carbocycles. The monoisotopic (exact) mass is 397 g/mol. The number of aliphatic carboxylic acids is 1. The number of unbranched alkanes of at least 4 members (excludes halogenated alkanes) is 1. The number of aromatic nitrogens is 2. The Balaban J connectivity index is 2.57. The van der Waals surface area contributed by atoms with E-state index in [0.717, 1.165) is 4.57 Å². The van der Waals surface area contributed by atoms with Crippen LogP contribution in [-0.2, 0) is 20.8 Å². The standard InChI is InChI=1S/C16H27N7O5/c17-4-2-1-3-12(16(27)28)22-15(26)11(19)5-10-8-23(9-21-10)14(25)7-20-13(24)6-18/h8-9,11-12H,1-7,17-19H2,(H,20,24)(H,22,26)(H,27,28)/t11-,12-/m0/s1. The molecule has 1 aromatic rings. The van der Waals surface area contributed by atoms with Gasteiger partial charge in [-0.25, -0.2) is 9.78 Å². The van der Waals surface area contributed by atoms with Crippen molar-refractivity contribution in [1.82, 2.24) is 20.2 Å². The lowest BCUT2D eigenvalue weighted by Crippen LogP contribution is -2.49. The molecule has 2 amide bonds. The molecular weight excluding hydrogens is 370 g/mol. The molecular formula is C16H27N7O5. The summed E-state index contributed by atoms with van der Waals surface area (Å²) in [6.07, 6.45) is 4.11. The highest BCUT2D eigenvalue weighted by Crippen LogP contribution is 2.04. The summed E-state index contributed by atoms with van der Waals surface area (Å²) in [6, 6.07) is -2.08. The van der Waals surface area contributed by atoms with Gasteiger partial charge in [0.25, 0.3) is 5.91 Å². The molecule has 28 heavy (non-hydrogen) atoms. The summed E-state index contributed by atoms with van der Waals surface area (Å²) in [4.78, 5) is 50.4. The van der Waals surface area contributed by atoms with E-state index in [4.69, 9.17) is 17.2 Å². The van der Waals surface area contributed by atoms with Crippen molar-refractivity contribution in [3.63, 3.8) is 0 Å². The highest BCUT2D eigenvalue weighted by atomic mass is 16.4. The molecule has 0 spiro atoms. The van der Waals surface area contributed by atoms with Gasteiger partial charge in [-0.1, -0.05) is 0 Å². The largest absolute Gasteiger partial charge is 0.480 e. The van der Waals surface area contributed by atoms with Crippen molar-refractivity contribution in [2.75, 3.05) is 19.6 Å². The second kappa shape index (κ2) is 11.8. The Morgan fingerprint density at radius 1 is 1.21 bits per heavy atom. The number of carboxylic acids is 1. The molecule has 9 N–H and O–H groups in total. The first-order valence-electron chi connectivity index (χ1n) is 8.80. The van der Waals surface area contributed by atoms with Crippen LogP contribution in [0.25, 0.3) is 0 Å². The molecule has 156 valence electrons. The summed E-state index contributed by atoms with van der Waals surface area (Å²) in [5.41, 5.74) is 16.7. The first kappa shape index (κ1) is 23.2. The number of nitrogens with one attached hydrogen (secondary N) is 2. The second-order valence-electron chi connectivity index (χ2n) is 6.14. The van der Waals surface area contributed by atoms with Gasteiger partial charge in [-0.05, 0) is 25.8 Å². The van der Waals surface area contributed by atoms with Crippen molar-refractivity contribution >= 4 is 23.7 Å². The molecule has 0 aromatic carbocycles. The van der Waals surface area contributed by atoms with Gasteiger partial charge in [0.2, 0.25) is 11.8 Å². The molecule has 0 radical (unpaired) electrons. The molecule has 0 fully saturated rings. The fourth-order valence-electron chi connectivity index (χ4n) is 2.29. The molecule has 0 aliphatic heterocycles. The number of carbonyl (C=O) groups excluding carboxylic acids is 3. The second-order valence-corrected chi connectivity index (χ2v) is 6.14. The van der Waals surface area contributed by atoms with E-state index < -0.39 is 35.8 Å². The smallest absolute Gasteiger partial charge is 0.326 e. The van der Waals surface area contributed by atoms with Crippen LogP contribution in [0.1, 0.15) is 29.8 Å². The zero-order valence-electron chi connectivity index (χ0n) is 15.5. The van der Waals surface area contributed by atoms with Crippen molar-refractivity contribution in [2.45, 2.75) is 37.8 Å². The van der Waals surface area contributed by atoms with Crippen molar-refractivity contribution in [3.8, 4) is 0 Å². The van der Waals surface area contributed by atoms with Gasteiger partial charge in [-0.2, -0.15) is 0 Å². The number of hydrogen-bond acceptors (Lipinski definition) is 8. The third-order valence-electron chi connectivity index (χ3n) is 3.87. The molecule has 0 unspecified atom stereocenters. The average Bonchev–Trinajstić information content (AvgIpc) is 3.13. The lowest BCUT2D eigenvalue weighted by molar-refractivity contribution is -0.142. The maximum absolute atomic E-state index is 12.2. The molecule has 0 saturated heterocycles. The Labute approximate surface area is 161 Å². The van der Waals surface area contributed by atoms with Crippen LogP contribution in [-0.4, -0.2) is 70.1 Å². The van der Waals surface area contributed by atoms with Crippen LogP contribution in [0.3, 0.4) is 0 Å². The van der Waals surface area contributed by atoms with E-state index >= 15 is 0 Å². The fourth-order valence-corrected chi connectivity index (χ4v) is 2.29. The van der Waals surface area contributed by atoms with Crippen molar-refractivity contribution in [2.24, 2.45) is 17.2 Å². The number of amides is 2. The topological polar surface area (TPSA) is 208 Å². The van der Waals surface area contributed by atoms with Gasteiger partial charge >= 0.3 is 5.97 Å². The SMILES string of the molecule is NCCCC[C@H](NC(=O)[C@@H](N)Cc1cn(C(=O)CNC(=O)CN)cn1)C(=O)O. The Hall–Kier alpha value is -2.83. The van der Waals surface area contributed by atoms with E-state index in [1.807, 2.05) is 0 Å². The first-order valence-corrected chi connectivity index (χ1v) is 8.80. The van der Waals surface area contributed by atoms with E-state index in [9.17, 15) is 24.3 Å².